The molecule has 2 rings (SSSR count). The van der Waals surface area contributed by atoms with E-state index < -0.39 is 0 Å². The number of rotatable bonds is 4. The third-order valence-corrected chi connectivity index (χ3v) is 3.53. The quantitative estimate of drug-likeness (QED) is 0.541. The summed E-state index contributed by atoms with van der Waals surface area (Å²) in [6, 6.07) is 0. The van der Waals surface area contributed by atoms with Crippen molar-refractivity contribution in [2.75, 3.05) is 7.11 Å². The molecule has 0 aromatic rings. The van der Waals surface area contributed by atoms with Crippen LogP contribution in [0.3, 0.4) is 0 Å². The zero-order chi connectivity index (χ0) is 11.5. The number of carbonyl (C=O) groups is 2. The summed E-state index contributed by atoms with van der Waals surface area (Å²) >= 11 is 0. The second kappa shape index (κ2) is 4.81. The van der Waals surface area contributed by atoms with E-state index in [0.717, 1.165) is 37.7 Å². The number of methoxy groups -OCH3 is 1. The fourth-order valence-corrected chi connectivity index (χ4v) is 2.39. The van der Waals surface area contributed by atoms with E-state index in [9.17, 15) is 9.59 Å². The van der Waals surface area contributed by atoms with Crippen LogP contribution in [0.2, 0.25) is 0 Å². The minimum atomic E-state index is -0.291. The molecule has 88 valence electrons. The molecule has 0 spiro atoms. The summed E-state index contributed by atoms with van der Waals surface area (Å²) < 4.78 is 4.62. The first-order valence-corrected chi connectivity index (χ1v) is 6.02. The van der Waals surface area contributed by atoms with Gasteiger partial charge in [-0.15, -0.1) is 0 Å². The Hall–Kier alpha value is -1.12. The summed E-state index contributed by atoms with van der Waals surface area (Å²) in [7, 11) is 1.39. The van der Waals surface area contributed by atoms with Gasteiger partial charge in [0.15, 0.2) is 0 Å². The molecule has 1 atom stereocenters. The lowest BCUT2D eigenvalue weighted by atomic mass is 9.94. The fourth-order valence-electron chi connectivity index (χ4n) is 2.39. The van der Waals surface area contributed by atoms with Crippen molar-refractivity contribution in [3.63, 3.8) is 0 Å². The highest BCUT2D eigenvalue weighted by atomic mass is 16.5. The highest BCUT2D eigenvalue weighted by Gasteiger charge is 2.33. The van der Waals surface area contributed by atoms with Crippen LogP contribution in [-0.2, 0) is 14.3 Å². The lowest BCUT2D eigenvalue weighted by Crippen LogP contribution is -2.09. The van der Waals surface area contributed by atoms with E-state index in [1.807, 2.05) is 0 Å². The molecule has 0 heterocycles. The lowest BCUT2D eigenvalue weighted by Gasteiger charge is -2.10. The molecule has 0 N–H and O–H groups in total. The van der Waals surface area contributed by atoms with Crippen LogP contribution in [0.5, 0.6) is 0 Å². The highest BCUT2D eigenvalue weighted by Crippen LogP contribution is 2.38. The van der Waals surface area contributed by atoms with Crippen LogP contribution >= 0.6 is 0 Å². The molecule has 0 aliphatic heterocycles. The molecule has 16 heavy (non-hydrogen) atoms. The third-order valence-electron chi connectivity index (χ3n) is 3.53. The van der Waals surface area contributed by atoms with E-state index in [4.69, 9.17) is 0 Å². The van der Waals surface area contributed by atoms with Gasteiger partial charge in [0.05, 0.1) is 7.11 Å². The van der Waals surface area contributed by atoms with Crippen LogP contribution < -0.4 is 0 Å². The van der Waals surface area contributed by atoms with E-state index in [0.29, 0.717) is 24.0 Å². The van der Waals surface area contributed by atoms with E-state index in [2.05, 4.69) is 4.74 Å². The monoisotopic (exact) mass is 222 g/mol. The first-order chi connectivity index (χ1) is 7.70. The molecule has 0 bridgehead atoms. The van der Waals surface area contributed by atoms with Crippen molar-refractivity contribution in [3.05, 3.63) is 11.6 Å². The SMILES string of the molecule is COC(=O)/C=C1/CCC[C@H]1CC(=O)C1CC1. The van der Waals surface area contributed by atoms with Crippen LogP contribution in [0.25, 0.3) is 0 Å². The third kappa shape index (κ3) is 2.71. The van der Waals surface area contributed by atoms with Gasteiger partial charge in [0.1, 0.15) is 5.78 Å². The van der Waals surface area contributed by atoms with Gasteiger partial charge in [-0.1, -0.05) is 5.57 Å². The van der Waals surface area contributed by atoms with Crippen LogP contribution in [0, 0.1) is 11.8 Å². The van der Waals surface area contributed by atoms with Crippen LogP contribution in [0.1, 0.15) is 38.5 Å². The molecule has 0 aromatic heterocycles. The smallest absolute Gasteiger partial charge is 0.330 e. The fraction of sp³-hybridized carbons (Fsp3) is 0.692. The molecule has 2 aliphatic carbocycles. The van der Waals surface area contributed by atoms with Crippen LogP contribution in [-0.4, -0.2) is 18.9 Å². The maximum atomic E-state index is 11.7. The Morgan fingerprint density at radius 3 is 2.75 bits per heavy atom. The number of allylic oxidation sites excluding steroid dienone is 1. The van der Waals surface area contributed by atoms with Gasteiger partial charge in [0.25, 0.3) is 0 Å². The van der Waals surface area contributed by atoms with Crippen molar-refractivity contribution in [2.45, 2.75) is 38.5 Å². The van der Waals surface area contributed by atoms with Crippen molar-refractivity contribution in [1.29, 1.82) is 0 Å². The Bertz CT molecular complexity index is 326. The van der Waals surface area contributed by atoms with Gasteiger partial charge in [-0.3, -0.25) is 4.79 Å². The van der Waals surface area contributed by atoms with Crippen molar-refractivity contribution in [1.82, 2.24) is 0 Å². The second-order valence-corrected chi connectivity index (χ2v) is 4.78. The van der Waals surface area contributed by atoms with E-state index in [1.54, 1.807) is 6.08 Å². The summed E-state index contributed by atoms with van der Waals surface area (Å²) in [4.78, 5) is 22.9. The zero-order valence-corrected chi connectivity index (χ0v) is 9.70. The number of carbonyl (C=O) groups excluding carboxylic acids is 2. The average molecular weight is 222 g/mol. The summed E-state index contributed by atoms with van der Waals surface area (Å²) in [5.74, 6) is 0.732. The maximum Gasteiger partial charge on any atom is 0.330 e. The number of ketones is 1. The average Bonchev–Trinajstić information content (AvgIpc) is 3.04. The molecule has 0 amide bonds. The minimum Gasteiger partial charge on any atom is -0.466 e. The second-order valence-electron chi connectivity index (χ2n) is 4.78. The number of hydrogen-bond acceptors (Lipinski definition) is 3. The standard InChI is InChI=1S/C13H18O3/c1-16-13(15)8-11-4-2-3-10(11)7-12(14)9-5-6-9/h8-10H,2-7H2,1H3/b11-8-/t10-/m0/s1. The molecule has 2 fully saturated rings. The Morgan fingerprint density at radius 1 is 1.38 bits per heavy atom. The Balaban J connectivity index is 1.94. The minimum absolute atomic E-state index is 0.291. The molecule has 3 heteroatoms. The molecule has 2 aliphatic rings. The van der Waals surface area contributed by atoms with Gasteiger partial charge >= 0.3 is 5.97 Å². The molecular formula is C13H18O3. The highest BCUT2D eigenvalue weighted by molar-refractivity contribution is 5.85. The zero-order valence-electron chi connectivity index (χ0n) is 9.70. The molecule has 0 radical (unpaired) electrons. The summed E-state index contributed by atoms with van der Waals surface area (Å²) in [6.45, 7) is 0. The normalized spacial score (nSPS) is 27.1. The molecule has 2 saturated carbocycles. The number of esters is 1. The van der Waals surface area contributed by atoms with Gasteiger partial charge < -0.3 is 4.74 Å². The maximum absolute atomic E-state index is 11.7. The van der Waals surface area contributed by atoms with E-state index in [1.165, 1.54) is 7.11 Å². The van der Waals surface area contributed by atoms with Crippen LogP contribution in [0.15, 0.2) is 11.6 Å². The van der Waals surface area contributed by atoms with E-state index >= 15 is 0 Å². The molecule has 0 saturated heterocycles. The summed E-state index contributed by atoms with van der Waals surface area (Å²) in [5.41, 5.74) is 1.11. The largest absolute Gasteiger partial charge is 0.466 e. The van der Waals surface area contributed by atoms with Crippen molar-refractivity contribution in [3.8, 4) is 0 Å². The van der Waals surface area contributed by atoms with Crippen molar-refractivity contribution >= 4 is 11.8 Å². The van der Waals surface area contributed by atoms with Gasteiger partial charge in [0, 0.05) is 18.4 Å². The van der Waals surface area contributed by atoms with Gasteiger partial charge in [-0.25, -0.2) is 4.79 Å². The first kappa shape index (κ1) is 11.4. The van der Waals surface area contributed by atoms with Crippen molar-refractivity contribution in [2.24, 2.45) is 11.8 Å². The predicted molar refractivity (Wildman–Crippen MR) is 59.8 cm³/mol. The van der Waals surface area contributed by atoms with E-state index in [-0.39, 0.29) is 5.97 Å². The Labute approximate surface area is 95.9 Å². The van der Waals surface area contributed by atoms with Gasteiger partial charge in [-0.05, 0) is 38.0 Å². The number of Topliss-reactive ketones (excluding diaryl/α,β-unsaturated/α-hetero) is 1. The number of ether oxygens (including phenoxy) is 1. The summed E-state index contributed by atoms with van der Waals surface area (Å²) in [5, 5.41) is 0. The molecular weight excluding hydrogens is 204 g/mol. The van der Waals surface area contributed by atoms with Crippen LogP contribution in [0.4, 0.5) is 0 Å². The van der Waals surface area contributed by atoms with Gasteiger partial charge in [0.2, 0.25) is 0 Å². The number of hydrogen-bond donors (Lipinski definition) is 0. The summed E-state index contributed by atoms with van der Waals surface area (Å²) in [6.07, 6.45) is 7.43. The van der Waals surface area contributed by atoms with Gasteiger partial charge in [-0.2, -0.15) is 0 Å². The predicted octanol–water partition coefficient (Wildman–Crippen LogP) is 2.26. The molecule has 0 unspecified atom stereocenters. The lowest BCUT2D eigenvalue weighted by molar-refractivity contribution is -0.135. The first-order valence-electron chi connectivity index (χ1n) is 6.02. The molecule has 0 aromatic carbocycles. The Morgan fingerprint density at radius 2 is 2.12 bits per heavy atom. The topological polar surface area (TPSA) is 43.4 Å². The Kier molecular flexibility index (Phi) is 3.42. The van der Waals surface area contributed by atoms with Crippen molar-refractivity contribution < 1.29 is 14.3 Å². The molecule has 3 nitrogen and oxygen atoms in total.